The van der Waals surface area contributed by atoms with Crippen LogP contribution >= 0.6 is 0 Å². The van der Waals surface area contributed by atoms with Gasteiger partial charge in [0.25, 0.3) is 0 Å². The highest BCUT2D eigenvalue weighted by Gasteiger charge is 2.28. The first-order valence-corrected chi connectivity index (χ1v) is 8.05. The first-order valence-electron chi connectivity index (χ1n) is 8.05. The van der Waals surface area contributed by atoms with Crippen molar-refractivity contribution >= 4 is 16.6 Å². The van der Waals surface area contributed by atoms with Gasteiger partial charge in [-0.05, 0) is 37.3 Å². The lowest BCUT2D eigenvalue weighted by atomic mass is 10.1. The van der Waals surface area contributed by atoms with Crippen LogP contribution in [0.15, 0.2) is 30.3 Å². The van der Waals surface area contributed by atoms with Gasteiger partial charge in [0, 0.05) is 24.5 Å². The monoisotopic (exact) mass is 283 g/mol. The summed E-state index contributed by atoms with van der Waals surface area (Å²) in [4.78, 5) is 7.46. The molecule has 2 unspecified atom stereocenters. The molecule has 21 heavy (non-hydrogen) atoms. The second-order valence-corrected chi connectivity index (χ2v) is 6.28. The van der Waals surface area contributed by atoms with E-state index in [9.17, 15) is 0 Å². The Bertz CT molecular complexity index is 623. The summed E-state index contributed by atoms with van der Waals surface area (Å²) in [6.45, 7) is 9.71. The van der Waals surface area contributed by atoms with Gasteiger partial charge in [0.15, 0.2) is 0 Å². The molecule has 0 radical (unpaired) electrons. The molecule has 3 nitrogen and oxygen atoms in total. The fraction of sp³-hybridized carbons (Fsp3) is 0.500. The third-order valence-electron chi connectivity index (χ3n) is 4.39. The van der Waals surface area contributed by atoms with Crippen molar-refractivity contribution in [2.75, 3.05) is 18.0 Å². The minimum absolute atomic E-state index is 0.574. The zero-order valence-corrected chi connectivity index (χ0v) is 13.3. The van der Waals surface area contributed by atoms with Crippen molar-refractivity contribution in [3.8, 4) is 0 Å². The van der Waals surface area contributed by atoms with Crippen LogP contribution < -0.4 is 10.2 Å². The average molecular weight is 283 g/mol. The van der Waals surface area contributed by atoms with Gasteiger partial charge in [-0.15, -0.1) is 0 Å². The minimum atomic E-state index is 0.574. The summed E-state index contributed by atoms with van der Waals surface area (Å²) in [7, 11) is 0. The number of aromatic nitrogens is 1. The Hall–Kier alpha value is -1.61. The van der Waals surface area contributed by atoms with E-state index >= 15 is 0 Å². The molecular weight excluding hydrogens is 258 g/mol. The van der Waals surface area contributed by atoms with E-state index in [4.69, 9.17) is 4.98 Å². The summed E-state index contributed by atoms with van der Waals surface area (Å²) in [5, 5.41) is 5.96. The molecule has 0 amide bonds. The minimum Gasteiger partial charge on any atom is -0.353 e. The molecule has 3 heteroatoms. The second-order valence-electron chi connectivity index (χ2n) is 6.28. The summed E-state index contributed by atoms with van der Waals surface area (Å²) in [6, 6.07) is 11.4. The molecule has 1 aromatic carbocycles. The Balaban J connectivity index is 2.06. The highest BCUT2D eigenvalue weighted by molar-refractivity contribution is 5.92. The maximum atomic E-state index is 4.97. The SMILES string of the molecule is CCNCc1cc2ccccc2c(N2CC(C)CC2C)n1. The molecule has 2 heterocycles. The van der Waals surface area contributed by atoms with E-state index in [2.05, 4.69) is 61.3 Å². The summed E-state index contributed by atoms with van der Waals surface area (Å²) >= 11 is 0. The number of anilines is 1. The topological polar surface area (TPSA) is 28.2 Å². The Morgan fingerprint density at radius 1 is 1.29 bits per heavy atom. The molecule has 1 fully saturated rings. The molecule has 0 spiro atoms. The lowest BCUT2D eigenvalue weighted by Crippen LogP contribution is -2.28. The molecule has 1 aliphatic rings. The summed E-state index contributed by atoms with van der Waals surface area (Å²) < 4.78 is 0. The Labute approximate surface area is 127 Å². The van der Waals surface area contributed by atoms with E-state index in [0.717, 1.165) is 37.1 Å². The zero-order chi connectivity index (χ0) is 14.8. The fourth-order valence-electron chi connectivity index (χ4n) is 3.39. The number of hydrogen-bond donors (Lipinski definition) is 1. The molecule has 2 atom stereocenters. The fourth-order valence-corrected chi connectivity index (χ4v) is 3.39. The molecule has 0 bridgehead atoms. The summed E-state index contributed by atoms with van der Waals surface area (Å²) in [5.74, 6) is 1.91. The smallest absolute Gasteiger partial charge is 0.137 e. The second kappa shape index (κ2) is 6.02. The van der Waals surface area contributed by atoms with Crippen LogP contribution in [0.5, 0.6) is 0 Å². The van der Waals surface area contributed by atoms with Crippen LogP contribution in [-0.4, -0.2) is 24.1 Å². The third kappa shape index (κ3) is 2.88. The molecule has 1 saturated heterocycles. The number of benzene rings is 1. The molecule has 2 aromatic rings. The van der Waals surface area contributed by atoms with Crippen molar-refractivity contribution < 1.29 is 0 Å². The van der Waals surface area contributed by atoms with E-state index in [1.165, 1.54) is 17.2 Å². The predicted octanol–water partition coefficient (Wildman–Crippen LogP) is 3.58. The number of fused-ring (bicyclic) bond motifs is 1. The van der Waals surface area contributed by atoms with Crippen LogP contribution in [0.4, 0.5) is 5.82 Å². The van der Waals surface area contributed by atoms with E-state index in [0.29, 0.717) is 6.04 Å². The molecular formula is C18H25N3. The Morgan fingerprint density at radius 2 is 2.10 bits per heavy atom. The van der Waals surface area contributed by atoms with E-state index in [1.807, 2.05) is 0 Å². The molecule has 0 aliphatic carbocycles. The van der Waals surface area contributed by atoms with Gasteiger partial charge in [-0.3, -0.25) is 0 Å². The maximum absolute atomic E-state index is 4.97. The van der Waals surface area contributed by atoms with Crippen LogP contribution in [0.2, 0.25) is 0 Å². The molecule has 3 rings (SSSR count). The van der Waals surface area contributed by atoms with Gasteiger partial charge < -0.3 is 10.2 Å². The molecule has 112 valence electrons. The van der Waals surface area contributed by atoms with Gasteiger partial charge in [-0.2, -0.15) is 0 Å². The first kappa shape index (κ1) is 14.3. The van der Waals surface area contributed by atoms with Crippen molar-refractivity contribution in [2.24, 2.45) is 5.92 Å². The van der Waals surface area contributed by atoms with Crippen molar-refractivity contribution in [2.45, 2.75) is 39.8 Å². The molecule has 1 aliphatic heterocycles. The van der Waals surface area contributed by atoms with Gasteiger partial charge >= 0.3 is 0 Å². The predicted molar refractivity (Wildman–Crippen MR) is 89.7 cm³/mol. The summed E-state index contributed by atoms with van der Waals surface area (Å²) in [6.07, 6.45) is 1.26. The van der Waals surface area contributed by atoms with E-state index in [-0.39, 0.29) is 0 Å². The van der Waals surface area contributed by atoms with Crippen LogP contribution in [0.3, 0.4) is 0 Å². The highest BCUT2D eigenvalue weighted by atomic mass is 15.2. The van der Waals surface area contributed by atoms with Crippen LogP contribution in [0.1, 0.15) is 32.9 Å². The van der Waals surface area contributed by atoms with E-state index in [1.54, 1.807) is 0 Å². The van der Waals surface area contributed by atoms with Crippen molar-refractivity contribution in [3.05, 3.63) is 36.0 Å². The van der Waals surface area contributed by atoms with E-state index < -0.39 is 0 Å². The lowest BCUT2D eigenvalue weighted by Gasteiger charge is -2.25. The Morgan fingerprint density at radius 3 is 2.81 bits per heavy atom. The normalized spacial score (nSPS) is 22.1. The molecule has 0 saturated carbocycles. The number of pyridine rings is 1. The van der Waals surface area contributed by atoms with Gasteiger partial charge in [-0.25, -0.2) is 4.98 Å². The maximum Gasteiger partial charge on any atom is 0.137 e. The standard InChI is InChI=1S/C18H25N3/c1-4-19-11-16-10-15-7-5-6-8-17(15)18(20-16)21-12-13(2)9-14(21)3/h5-8,10,13-14,19H,4,9,11-12H2,1-3H3. The van der Waals surface area contributed by atoms with Gasteiger partial charge in [-0.1, -0.05) is 38.1 Å². The molecule has 1 N–H and O–H groups in total. The Kier molecular flexibility index (Phi) is 4.11. The van der Waals surface area contributed by atoms with Crippen LogP contribution in [-0.2, 0) is 6.54 Å². The average Bonchev–Trinajstić information content (AvgIpc) is 2.82. The number of rotatable bonds is 4. The van der Waals surface area contributed by atoms with Gasteiger partial charge in [0.2, 0.25) is 0 Å². The molecule has 1 aromatic heterocycles. The quantitative estimate of drug-likeness (QED) is 0.929. The number of nitrogens with one attached hydrogen (secondary N) is 1. The van der Waals surface area contributed by atoms with Crippen molar-refractivity contribution in [1.82, 2.24) is 10.3 Å². The van der Waals surface area contributed by atoms with Crippen LogP contribution in [0, 0.1) is 5.92 Å². The first-order chi connectivity index (χ1) is 10.2. The van der Waals surface area contributed by atoms with Gasteiger partial charge in [0.05, 0.1) is 5.69 Å². The van der Waals surface area contributed by atoms with Crippen molar-refractivity contribution in [3.63, 3.8) is 0 Å². The summed E-state index contributed by atoms with van der Waals surface area (Å²) in [5.41, 5.74) is 1.14. The van der Waals surface area contributed by atoms with Gasteiger partial charge in [0.1, 0.15) is 5.82 Å². The lowest BCUT2D eigenvalue weighted by molar-refractivity contribution is 0.625. The number of hydrogen-bond acceptors (Lipinski definition) is 3. The third-order valence-corrected chi connectivity index (χ3v) is 4.39. The largest absolute Gasteiger partial charge is 0.353 e. The highest BCUT2D eigenvalue weighted by Crippen LogP contribution is 2.33. The number of nitrogens with zero attached hydrogens (tertiary/aromatic N) is 2. The zero-order valence-electron chi connectivity index (χ0n) is 13.3. The van der Waals surface area contributed by atoms with Crippen molar-refractivity contribution in [1.29, 1.82) is 0 Å². The van der Waals surface area contributed by atoms with Crippen LogP contribution in [0.25, 0.3) is 10.8 Å².